The molecule has 0 aromatic carbocycles. The summed E-state index contributed by atoms with van der Waals surface area (Å²) in [5.74, 6) is -1.16. The third kappa shape index (κ3) is 4.13. The van der Waals surface area contributed by atoms with Crippen LogP contribution in [-0.2, 0) is 26.7 Å². The van der Waals surface area contributed by atoms with Gasteiger partial charge in [0.25, 0.3) is 5.91 Å². The first-order valence-electron chi connectivity index (χ1n) is 8.71. The summed E-state index contributed by atoms with van der Waals surface area (Å²) in [4.78, 5) is 31.2. The number of esters is 1. The van der Waals surface area contributed by atoms with E-state index in [4.69, 9.17) is 4.74 Å². The van der Waals surface area contributed by atoms with Gasteiger partial charge in [-0.1, -0.05) is 6.07 Å². The number of aromatic nitrogens is 1. The molecule has 0 fully saturated rings. The number of carbonyl (C=O) groups is 2. The van der Waals surface area contributed by atoms with Gasteiger partial charge in [-0.2, -0.15) is 0 Å². The van der Waals surface area contributed by atoms with E-state index in [0.717, 1.165) is 21.2 Å². The zero-order valence-electron chi connectivity index (χ0n) is 15.3. The average molecular weight is 469 g/mol. The summed E-state index contributed by atoms with van der Waals surface area (Å²) >= 11 is 4.01. The fraction of sp³-hybridized carbons (Fsp3) is 0.278. The monoisotopic (exact) mass is 468 g/mol. The van der Waals surface area contributed by atoms with Crippen LogP contribution in [0, 0.1) is 0 Å². The van der Waals surface area contributed by atoms with Crippen molar-refractivity contribution < 1.29 is 22.7 Å². The number of hydrogen-bond donors (Lipinski definition) is 1. The van der Waals surface area contributed by atoms with Crippen molar-refractivity contribution in [2.24, 2.45) is 0 Å². The van der Waals surface area contributed by atoms with Crippen molar-refractivity contribution >= 4 is 60.7 Å². The first kappa shape index (κ1) is 20.2. The van der Waals surface area contributed by atoms with Crippen LogP contribution >= 0.6 is 34.0 Å². The van der Waals surface area contributed by atoms with Gasteiger partial charge in [-0.25, -0.2) is 18.2 Å². The number of sulfone groups is 1. The van der Waals surface area contributed by atoms with Crippen LogP contribution in [0.2, 0.25) is 0 Å². The van der Waals surface area contributed by atoms with Crippen LogP contribution in [0.5, 0.6) is 0 Å². The van der Waals surface area contributed by atoms with Gasteiger partial charge in [0, 0.05) is 10.3 Å². The molecule has 3 aromatic rings. The van der Waals surface area contributed by atoms with Crippen molar-refractivity contribution in [3.8, 4) is 9.88 Å². The van der Waals surface area contributed by atoms with Crippen LogP contribution in [-0.4, -0.2) is 37.6 Å². The Morgan fingerprint density at radius 1 is 1.31 bits per heavy atom. The van der Waals surface area contributed by atoms with Gasteiger partial charge in [-0.05, 0) is 30.4 Å². The molecule has 4 heterocycles. The lowest BCUT2D eigenvalue weighted by Gasteiger charge is -2.13. The zero-order chi connectivity index (χ0) is 20.6. The van der Waals surface area contributed by atoms with Crippen LogP contribution in [0.15, 0.2) is 22.9 Å². The van der Waals surface area contributed by atoms with Gasteiger partial charge in [0.05, 0.1) is 28.6 Å². The second-order valence-corrected chi connectivity index (χ2v) is 11.3. The minimum atomic E-state index is -3.20. The fourth-order valence-corrected chi connectivity index (χ4v) is 7.64. The maximum atomic E-state index is 12.7. The Hall–Kier alpha value is -2.08. The largest absolute Gasteiger partial charge is 0.462 e. The molecule has 0 unspecified atom stereocenters. The summed E-state index contributed by atoms with van der Waals surface area (Å²) in [6, 6.07) is 3.84. The third-order valence-corrected chi connectivity index (χ3v) is 9.05. The van der Waals surface area contributed by atoms with E-state index >= 15 is 0 Å². The Kier molecular flexibility index (Phi) is 5.56. The van der Waals surface area contributed by atoms with Gasteiger partial charge in [-0.15, -0.1) is 34.0 Å². The molecular weight excluding hydrogens is 452 g/mol. The van der Waals surface area contributed by atoms with E-state index in [1.54, 1.807) is 12.3 Å². The average Bonchev–Trinajstić information content (AvgIpc) is 3.39. The number of ether oxygens (including phenoxy) is 1. The van der Waals surface area contributed by atoms with Crippen molar-refractivity contribution in [3.63, 3.8) is 0 Å². The third-order valence-electron chi connectivity index (χ3n) is 4.28. The summed E-state index contributed by atoms with van der Waals surface area (Å²) < 4.78 is 29.1. The Balaban J connectivity index is 1.65. The van der Waals surface area contributed by atoms with Gasteiger partial charge in [0.2, 0.25) is 0 Å². The molecule has 1 aliphatic rings. The highest BCUT2D eigenvalue weighted by Crippen LogP contribution is 2.39. The van der Waals surface area contributed by atoms with Crippen LogP contribution in [0.1, 0.15) is 38.2 Å². The molecule has 152 valence electrons. The number of thiophene rings is 2. The molecule has 0 radical (unpaired) electrons. The van der Waals surface area contributed by atoms with E-state index in [1.165, 1.54) is 22.7 Å². The highest BCUT2D eigenvalue weighted by molar-refractivity contribution is 7.90. The maximum absolute atomic E-state index is 12.7. The van der Waals surface area contributed by atoms with Crippen LogP contribution in [0.4, 0.5) is 5.00 Å². The summed E-state index contributed by atoms with van der Waals surface area (Å²) in [5, 5.41) is 7.39. The van der Waals surface area contributed by atoms with Crippen LogP contribution < -0.4 is 5.32 Å². The lowest BCUT2D eigenvalue weighted by molar-refractivity contribution is 0.0527. The lowest BCUT2D eigenvalue weighted by atomic mass is 10.1. The highest BCUT2D eigenvalue weighted by atomic mass is 32.2. The first-order valence-corrected chi connectivity index (χ1v) is 13.1. The van der Waals surface area contributed by atoms with Gasteiger partial charge >= 0.3 is 5.97 Å². The minimum absolute atomic E-state index is 0.0210. The topological polar surface area (TPSA) is 102 Å². The molecule has 0 spiro atoms. The number of anilines is 1. The molecule has 11 heteroatoms. The number of rotatable bonds is 5. The van der Waals surface area contributed by atoms with Gasteiger partial charge < -0.3 is 10.1 Å². The van der Waals surface area contributed by atoms with Crippen LogP contribution in [0.3, 0.4) is 0 Å². The first-order chi connectivity index (χ1) is 13.9. The molecule has 3 aromatic heterocycles. The SMILES string of the molecule is CCOC(=O)c1c(NC(=O)c2csc(-c3cccs3)n2)sc2c1CCS(=O)(=O)C2. The second kappa shape index (κ2) is 7.98. The summed E-state index contributed by atoms with van der Waals surface area (Å²) in [5.41, 5.74) is 1.15. The predicted molar refractivity (Wildman–Crippen MR) is 115 cm³/mol. The molecule has 1 amide bonds. The van der Waals surface area contributed by atoms with E-state index in [0.29, 0.717) is 15.4 Å². The van der Waals surface area contributed by atoms with Crippen molar-refractivity contribution in [1.82, 2.24) is 4.98 Å². The van der Waals surface area contributed by atoms with Crippen molar-refractivity contribution in [2.45, 2.75) is 19.1 Å². The number of nitrogens with zero attached hydrogens (tertiary/aromatic N) is 1. The van der Waals surface area contributed by atoms with E-state index in [1.807, 2.05) is 17.5 Å². The Bertz CT molecular complexity index is 1180. The number of nitrogens with one attached hydrogen (secondary N) is 1. The van der Waals surface area contributed by atoms with Gasteiger partial charge in [0.15, 0.2) is 9.84 Å². The van der Waals surface area contributed by atoms with E-state index in [2.05, 4.69) is 10.3 Å². The molecule has 0 saturated carbocycles. The molecule has 0 bridgehead atoms. The number of fused-ring (bicyclic) bond motifs is 1. The quantitative estimate of drug-likeness (QED) is 0.571. The van der Waals surface area contributed by atoms with Crippen molar-refractivity contribution in [2.75, 3.05) is 17.7 Å². The smallest absolute Gasteiger partial charge is 0.341 e. The molecule has 4 rings (SSSR count). The minimum Gasteiger partial charge on any atom is -0.462 e. The number of thiazole rings is 1. The Morgan fingerprint density at radius 2 is 2.14 bits per heavy atom. The van der Waals surface area contributed by atoms with Crippen LogP contribution in [0.25, 0.3) is 9.88 Å². The summed E-state index contributed by atoms with van der Waals surface area (Å²) in [7, 11) is -3.20. The normalized spacial score (nSPS) is 14.9. The van der Waals surface area contributed by atoms with Crippen molar-refractivity contribution in [3.05, 3.63) is 44.6 Å². The van der Waals surface area contributed by atoms with E-state index in [9.17, 15) is 18.0 Å². The lowest BCUT2D eigenvalue weighted by Crippen LogP contribution is -2.20. The highest BCUT2D eigenvalue weighted by Gasteiger charge is 2.32. The van der Waals surface area contributed by atoms with Gasteiger partial charge in [-0.3, -0.25) is 4.79 Å². The van der Waals surface area contributed by atoms with E-state index < -0.39 is 21.7 Å². The zero-order valence-corrected chi connectivity index (χ0v) is 18.5. The molecule has 0 atom stereocenters. The molecule has 29 heavy (non-hydrogen) atoms. The number of amides is 1. The molecule has 1 aliphatic heterocycles. The maximum Gasteiger partial charge on any atom is 0.341 e. The number of hydrogen-bond acceptors (Lipinski definition) is 9. The Labute approximate surface area is 179 Å². The Morgan fingerprint density at radius 3 is 2.86 bits per heavy atom. The van der Waals surface area contributed by atoms with Gasteiger partial charge in [0.1, 0.15) is 15.7 Å². The van der Waals surface area contributed by atoms with E-state index in [-0.39, 0.29) is 35.8 Å². The fourth-order valence-electron chi connectivity index (χ4n) is 2.99. The predicted octanol–water partition coefficient (Wildman–Crippen LogP) is 3.83. The molecular formula is C18H16N2O5S4. The standard InChI is InChI=1S/C18H16N2O5S4/c1-2-25-18(22)14-10-5-7-29(23,24)9-13(10)28-17(14)20-15(21)11-8-27-16(19-11)12-4-3-6-26-12/h3-4,6,8H,2,5,7,9H2,1H3,(H,20,21). The molecule has 0 aliphatic carbocycles. The molecule has 0 saturated heterocycles. The second-order valence-electron chi connectivity index (χ2n) is 6.24. The van der Waals surface area contributed by atoms with Crippen molar-refractivity contribution in [1.29, 1.82) is 0 Å². The summed E-state index contributed by atoms with van der Waals surface area (Å²) in [6.45, 7) is 1.88. The molecule has 1 N–H and O–H groups in total. The summed E-state index contributed by atoms with van der Waals surface area (Å²) in [6.07, 6.45) is 0.234. The number of carbonyl (C=O) groups excluding carboxylic acids is 2. The molecule has 7 nitrogen and oxygen atoms in total.